The summed E-state index contributed by atoms with van der Waals surface area (Å²) in [7, 11) is 1.40. The number of methoxy groups -OCH3 is 1. The van der Waals surface area contributed by atoms with Crippen molar-refractivity contribution in [1.82, 2.24) is 4.98 Å². The molecule has 2 rings (SSSR count). The number of carbonyl (C=O) groups is 1. The largest absolute Gasteiger partial charge is 0.469 e. The number of halogens is 1. The second-order valence-electron chi connectivity index (χ2n) is 3.33. The smallest absolute Gasteiger partial charge is 0.305 e. The highest BCUT2D eigenvalue weighted by Gasteiger charge is 2.08. The summed E-state index contributed by atoms with van der Waals surface area (Å²) in [6.45, 7) is 0. The Balaban J connectivity index is 2.03. The molecule has 0 amide bonds. The Morgan fingerprint density at radius 1 is 1.47 bits per heavy atom. The molecule has 2 aromatic heterocycles. The predicted octanol–water partition coefficient (Wildman–Crippen LogP) is 3.74. The molecule has 0 aliphatic rings. The number of hydrogen-bond donors (Lipinski definition) is 0. The van der Waals surface area contributed by atoms with E-state index in [1.54, 1.807) is 22.7 Å². The zero-order valence-electron chi connectivity index (χ0n) is 9.10. The Morgan fingerprint density at radius 3 is 2.94 bits per heavy atom. The molecule has 0 N–H and O–H groups in total. The molecule has 0 radical (unpaired) electrons. The van der Waals surface area contributed by atoms with Crippen LogP contribution in [-0.4, -0.2) is 18.1 Å². The van der Waals surface area contributed by atoms with Gasteiger partial charge >= 0.3 is 5.97 Å². The Hall–Kier alpha value is -0.720. The normalized spacial score (nSPS) is 10.5. The Labute approximate surface area is 116 Å². The lowest BCUT2D eigenvalue weighted by molar-refractivity contribution is -0.140. The molecular weight excluding hydrogens is 322 g/mol. The van der Waals surface area contributed by atoms with Gasteiger partial charge in [-0.15, -0.1) is 22.7 Å². The first kappa shape index (κ1) is 12.7. The highest BCUT2D eigenvalue weighted by atomic mass is 79.9. The Morgan fingerprint density at radius 2 is 2.29 bits per heavy atom. The van der Waals surface area contributed by atoms with E-state index in [4.69, 9.17) is 0 Å². The van der Waals surface area contributed by atoms with E-state index in [1.807, 2.05) is 16.8 Å². The van der Waals surface area contributed by atoms with Gasteiger partial charge in [0.05, 0.1) is 29.1 Å². The van der Waals surface area contributed by atoms with Crippen molar-refractivity contribution in [2.75, 3.05) is 7.11 Å². The number of nitrogens with zero attached hydrogens (tertiary/aromatic N) is 1. The number of rotatable bonds is 4. The lowest BCUT2D eigenvalue weighted by Gasteiger charge is -1.95. The first-order valence-corrected chi connectivity index (χ1v) is 7.50. The number of thiophene rings is 1. The first-order valence-electron chi connectivity index (χ1n) is 4.94. The third-order valence-electron chi connectivity index (χ3n) is 2.14. The highest BCUT2D eigenvalue weighted by molar-refractivity contribution is 9.10. The van der Waals surface area contributed by atoms with Crippen LogP contribution < -0.4 is 0 Å². The maximum absolute atomic E-state index is 11.0. The summed E-state index contributed by atoms with van der Waals surface area (Å²) >= 11 is 6.65. The number of thiazole rings is 1. The van der Waals surface area contributed by atoms with Gasteiger partial charge in [-0.2, -0.15) is 0 Å². The highest BCUT2D eigenvalue weighted by Crippen LogP contribution is 2.30. The molecule has 0 bridgehead atoms. The molecule has 2 heterocycles. The lowest BCUT2D eigenvalue weighted by atomic mass is 10.3. The van der Waals surface area contributed by atoms with Crippen LogP contribution in [0.5, 0.6) is 0 Å². The van der Waals surface area contributed by atoms with Gasteiger partial charge < -0.3 is 4.74 Å². The summed E-state index contributed by atoms with van der Waals surface area (Å²) in [5.41, 5.74) is 0.977. The van der Waals surface area contributed by atoms with Gasteiger partial charge in [-0.25, -0.2) is 4.98 Å². The van der Waals surface area contributed by atoms with Crippen molar-refractivity contribution >= 4 is 44.6 Å². The molecule has 0 aliphatic heterocycles. The Kier molecular flexibility index (Phi) is 4.31. The van der Waals surface area contributed by atoms with E-state index in [0.717, 1.165) is 20.1 Å². The monoisotopic (exact) mass is 331 g/mol. The molecule has 2 aromatic rings. The number of aromatic nitrogens is 1. The van der Waals surface area contributed by atoms with E-state index < -0.39 is 0 Å². The molecule has 0 unspecified atom stereocenters. The van der Waals surface area contributed by atoms with Gasteiger partial charge in [0, 0.05) is 21.7 Å². The molecule has 90 valence electrons. The number of hydrogen-bond acceptors (Lipinski definition) is 5. The summed E-state index contributed by atoms with van der Waals surface area (Å²) in [6, 6.07) is 2.05. The van der Waals surface area contributed by atoms with Gasteiger partial charge in [-0.3, -0.25) is 4.79 Å². The van der Waals surface area contributed by atoms with Crippen LogP contribution in [0.1, 0.15) is 11.4 Å². The third kappa shape index (κ3) is 3.37. The van der Waals surface area contributed by atoms with Crippen molar-refractivity contribution in [2.24, 2.45) is 0 Å². The van der Waals surface area contributed by atoms with Crippen LogP contribution in [-0.2, 0) is 16.0 Å². The van der Waals surface area contributed by atoms with E-state index in [1.165, 1.54) is 7.11 Å². The minimum absolute atomic E-state index is 0.194. The number of aryl methyl sites for hydroxylation is 1. The number of esters is 1. The fourth-order valence-electron chi connectivity index (χ4n) is 1.30. The van der Waals surface area contributed by atoms with E-state index in [-0.39, 0.29) is 5.97 Å². The summed E-state index contributed by atoms with van der Waals surface area (Å²) < 4.78 is 5.67. The van der Waals surface area contributed by atoms with Crippen LogP contribution in [0.3, 0.4) is 0 Å². The minimum atomic E-state index is -0.194. The summed E-state index contributed by atoms with van der Waals surface area (Å²) in [4.78, 5) is 16.7. The molecule has 17 heavy (non-hydrogen) atoms. The molecule has 0 saturated heterocycles. The van der Waals surface area contributed by atoms with E-state index in [0.29, 0.717) is 12.8 Å². The zero-order chi connectivity index (χ0) is 12.3. The first-order chi connectivity index (χ1) is 8.19. The molecule has 0 aromatic carbocycles. The third-order valence-corrected chi connectivity index (χ3v) is 4.76. The van der Waals surface area contributed by atoms with E-state index in [9.17, 15) is 4.79 Å². The van der Waals surface area contributed by atoms with Crippen LogP contribution in [0, 0.1) is 0 Å². The van der Waals surface area contributed by atoms with Crippen LogP contribution in [0.15, 0.2) is 21.3 Å². The topological polar surface area (TPSA) is 39.2 Å². The van der Waals surface area contributed by atoms with Gasteiger partial charge in [-0.05, 0) is 22.0 Å². The summed E-state index contributed by atoms with van der Waals surface area (Å²) in [5.74, 6) is -0.194. The quantitative estimate of drug-likeness (QED) is 0.801. The second kappa shape index (κ2) is 5.75. The van der Waals surface area contributed by atoms with Crippen LogP contribution in [0.25, 0.3) is 10.6 Å². The van der Waals surface area contributed by atoms with Crippen molar-refractivity contribution in [1.29, 1.82) is 0 Å². The van der Waals surface area contributed by atoms with Gasteiger partial charge in [0.25, 0.3) is 0 Å². The molecule has 6 heteroatoms. The van der Waals surface area contributed by atoms with Crippen molar-refractivity contribution in [3.05, 3.63) is 26.3 Å². The molecule has 0 fully saturated rings. The van der Waals surface area contributed by atoms with Crippen LogP contribution >= 0.6 is 38.6 Å². The number of ether oxygens (including phenoxy) is 1. The average molecular weight is 332 g/mol. The zero-order valence-corrected chi connectivity index (χ0v) is 12.3. The molecule has 0 saturated carbocycles. The molecule has 0 atom stereocenters. The van der Waals surface area contributed by atoms with Crippen molar-refractivity contribution < 1.29 is 9.53 Å². The van der Waals surface area contributed by atoms with E-state index in [2.05, 4.69) is 25.7 Å². The Bertz CT molecular complexity index is 521. The second-order valence-corrected chi connectivity index (χ2v) is 6.10. The van der Waals surface area contributed by atoms with Crippen molar-refractivity contribution in [2.45, 2.75) is 12.8 Å². The maximum Gasteiger partial charge on any atom is 0.305 e. The van der Waals surface area contributed by atoms with Gasteiger partial charge in [-0.1, -0.05) is 0 Å². The molecular formula is C11H10BrNO2S2. The molecule has 0 aliphatic carbocycles. The van der Waals surface area contributed by atoms with E-state index >= 15 is 0 Å². The van der Waals surface area contributed by atoms with Crippen LogP contribution in [0.4, 0.5) is 0 Å². The van der Waals surface area contributed by atoms with Gasteiger partial charge in [0.15, 0.2) is 0 Å². The standard InChI is InChI=1S/C11H10BrNO2S2/c1-15-11(14)3-2-10-13-8(6-17-10)9-4-7(12)5-16-9/h4-6H,2-3H2,1H3. The molecule has 0 spiro atoms. The predicted molar refractivity (Wildman–Crippen MR) is 73.5 cm³/mol. The van der Waals surface area contributed by atoms with Gasteiger partial charge in [0.1, 0.15) is 0 Å². The number of carbonyl (C=O) groups excluding carboxylic acids is 1. The fourth-order valence-corrected chi connectivity index (χ4v) is 3.56. The van der Waals surface area contributed by atoms with Gasteiger partial charge in [0.2, 0.25) is 0 Å². The van der Waals surface area contributed by atoms with Crippen molar-refractivity contribution in [3.63, 3.8) is 0 Å². The minimum Gasteiger partial charge on any atom is -0.469 e. The molecule has 3 nitrogen and oxygen atoms in total. The average Bonchev–Trinajstić information content (AvgIpc) is 2.94. The summed E-state index contributed by atoms with van der Waals surface area (Å²) in [6.07, 6.45) is 1.03. The fraction of sp³-hybridized carbons (Fsp3) is 0.273. The lowest BCUT2D eigenvalue weighted by Crippen LogP contribution is -2.01. The van der Waals surface area contributed by atoms with Crippen LogP contribution in [0.2, 0.25) is 0 Å². The SMILES string of the molecule is COC(=O)CCc1nc(-c2cc(Br)cs2)cs1. The van der Waals surface area contributed by atoms with Crippen molar-refractivity contribution in [3.8, 4) is 10.6 Å². The summed E-state index contributed by atoms with van der Waals surface area (Å²) in [5, 5.41) is 5.02. The maximum atomic E-state index is 11.0.